The first-order valence-electron chi connectivity index (χ1n) is 16.7. The summed E-state index contributed by atoms with van der Waals surface area (Å²) in [7, 11) is 3.09. The summed E-state index contributed by atoms with van der Waals surface area (Å²) in [6.45, 7) is 3.16. The molecule has 6 N–H and O–H groups in total. The predicted molar refractivity (Wildman–Crippen MR) is 178 cm³/mol. The number of aliphatic hydroxyl groups is 2. The van der Waals surface area contributed by atoms with E-state index in [0.717, 1.165) is 51.6 Å². The first-order chi connectivity index (χ1) is 22.9. The Bertz CT molecular complexity index is 1620. The maximum atomic E-state index is 14.4. The molecule has 2 saturated carbocycles. The van der Waals surface area contributed by atoms with E-state index in [1.54, 1.807) is 33.2 Å². The van der Waals surface area contributed by atoms with Crippen LogP contribution in [0.15, 0.2) is 18.2 Å². The minimum atomic E-state index is -2.87. The number of amides is 1. The number of aliphatic hydroxyl groups excluding tert-OH is 1. The number of hydrogen-bond acceptors (Lipinski definition) is 13. The molecule has 2 unspecified atom stereocenters. The molecular weight excluding hydrogens is 640 g/mol. The van der Waals surface area contributed by atoms with E-state index in [-0.39, 0.29) is 40.6 Å². The quantitative estimate of drug-likeness (QED) is 0.0980. The van der Waals surface area contributed by atoms with Gasteiger partial charge in [-0.2, -0.15) is 0 Å². The van der Waals surface area contributed by atoms with E-state index in [1.807, 2.05) is 4.90 Å². The molecule has 14 heteroatoms. The first kappa shape index (κ1) is 34.4. The molecule has 1 saturated heterocycles. The van der Waals surface area contributed by atoms with Crippen LogP contribution in [0.3, 0.4) is 0 Å². The molecule has 48 heavy (non-hydrogen) atoms. The standard InChI is InChI=1S/C34H44N4O9S/c1-4-20(40)47-30-22-23(28(41)21-18(12-9-13-19(21)39)26(22)36-48-17-10-5-6-11-17)31(43)34(46)25(30)27(37(2)3)29(42)24(32(34)44)33(45)35-16-38-14-7-8-15-38/h9,12-13,17,24-25,27,30-31,36,39,41,43,46H,4-8,10-11,14-16H2,1-3H3,(H,35,45)/t24?,25-,27+,30+,31?,34+/m1/s1. The summed E-state index contributed by atoms with van der Waals surface area (Å²) < 4.78 is 9.37. The molecule has 1 amide bonds. The predicted octanol–water partition coefficient (Wildman–Crippen LogP) is 2.51. The molecule has 3 aliphatic carbocycles. The number of aromatic hydroxyl groups is 2. The molecule has 0 spiro atoms. The number of carbonyl (C=O) groups is 4. The van der Waals surface area contributed by atoms with Gasteiger partial charge in [-0.3, -0.25) is 29.0 Å². The lowest BCUT2D eigenvalue weighted by Crippen LogP contribution is -2.72. The maximum Gasteiger partial charge on any atom is 0.306 e. The molecule has 1 aliphatic heterocycles. The van der Waals surface area contributed by atoms with Gasteiger partial charge in [0, 0.05) is 28.2 Å². The van der Waals surface area contributed by atoms with Crippen LogP contribution >= 0.6 is 11.9 Å². The van der Waals surface area contributed by atoms with Crippen LogP contribution in [0, 0.1) is 11.8 Å². The van der Waals surface area contributed by atoms with Gasteiger partial charge < -0.3 is 35.2 Å². The summed E-state index contributed by atoms with van der Waals surface area (Å²) >= 11 is 1.42. The number of anilines is 1. The van der Waals surface area contributed by atoms with Gasteiger partial charge in [-0.05, 0) is 70.9 Å². The summed E-state index contributed by atoms with van der Waals surface area (Å²) in [5.41, 5.74) is -2.80. The van der Waals surface area contributed by atoms with Crippen LogP contribution in [0.4, 0.5) is 5.69 Å². The second kappa shape index (κ2) is 13.5. The highest BCUT2D eigenvalue weighted by Crippen LogP contribution is 2.60. The Hall–Kier alpha value is -3.43. The number of rotatable bonds is 9. The van der Waals surface area contributed by atoms with Crippen molar-refractivity contribution in [2.75, 3.05) is 38.6 Å². The van der Waals surface area contributed by atoms with Crippen molar-refractivity contribution in [3.8, 4) is 11.5 Å². The lowest BCUT2D eigenvalue weighted by atomic mass is 9.56. The average molecular weight is 685 g/mol. The van der Waals surface area contributed by atoms with Crippen LogP contribution in [-0.2, 0) is 23.9 Å². The third-order valence-electron chi connectivity index (χ3n) is 10.4. The topological polar surface area (TPSA) is 189 Å². The van der Waals surface area contributed by atoms with Gasteiger partial charge in [-0.15, -0.1) is 0 Å². The van der Waals surface area contributed by atoms with E-state index < -0.39 is 64.9 Å². The number of carbonyl (C=O) groups excluding carboxylic acids is 4. The first-order valence-corrected chi connectivity index (χ1v) is 17.6. The Morgan fingerprint density at radius 2 is 1.77 bits per heavy atom. The number of Topliss-reactive ketones (excluding diaryl/α,β-unsaturated/α-hetero) is 2. The van der Waals surface area contributed by atoms with E-state index in [2.05, 4.69) is 10.0 Å². The Morgan fingerprint density at radius 3 is 2.42 bits per heavy atom. The largest absolute Gasteiger partial charge is 0.507 e. The van der Waals surface area contributed by atoms with E-state index in [9.17, 15) is 39.6 Å². The monoisotopic (exact) mass is 684 g/mol. The molecular formula is C34H44N4O9S. The summed E-state index contributed by atoms with van der Waals surface area (Å²) in [6, 6.07) is 3.22. The normalized spacial score (nSPS) is 29.2. The summed E-state index contributed by atoms with van der Waals surface area (Å²) in [4.78, 5) is 58.8. The molecule has 13 nitrogen and oxygen atoms in total. The van der Waals surface area contributed by atoms with E-state index in [1.165, 1.54) is 22.9 Å². The molecule has 0 radical (unpaired) electrons. The molecule has 4 aliphatic rings. The number of nitrogens with zero attached hydrogens (tertiary/aromatic N) is 2. The second-order valence-electron chi connectivity index (χ2n) is 13.5. The van der Waals surface area contributed by atoms with Crippen LogP contribution in [0.1, 0.15) is 75.2 Å². The van der Waals surface area contributed by atoms with Gasteiger partial charge in [0.05, 0.1) is 29.7 Å². The summed E-state index contributed by atoms with van der Waals surface area (Å²) in [5.74, 6) is -8.16. The maximum absolute atomic E-state index is 14.4. The number of ether oxygens (including phenoxy) is 1. The molecule has 2 aromatic rings. The van der Waals surface area contributed by atoms with Crippen molar-refractivity contribution < 1.29 is 44.3 Å². The van der Waals surface area contributed by atoms with Crippen molar-refractivity contribution >= 4 is 51.9 Å². The molecule has 0 bridgehead atoms. The van der Waals surface area contributed by atoms with Crippen molar-refractivity contribution in [2.45, 2.75) is 81.0 Å². The van der Waals surface area contributed by atoms with Crippen LogP contribution in [-0.4, -0.2) is 104 Å². The van der Waals surface area contributed by atoms with E-state index in [0.29, 0.717) is 11.1 Å². The highest BCUT2D eigenvalue weighted by molar-refractivity contribution is 8.01. The van der Waals surface area contributed by atoms with Gasteiger partial charge >= 0.3 is 5.97 Å². The fourth-order valence-corrected chi connectivity index (χ4v) is 9.08. The van der Waals surface area contributed by atoms with E-state index >= 15 is 0 Å². The zero-order valence-corrected chi connectivity index (χ0v) is 28.2. The number of likely N-dealkylation sites (N-methyl/N-ethyl adjacent to an activating group) is 1. The van der Waals surface area contributed by atoms with Crippen molar-refractivity contribution in [1.29, 1.82) is 0 Å². The van der Waals surface area contributed by atoms with Gasteiger partial charge in [-0.25, -0.2) is 0 Å². The third kappa shape index (κ3) is 5.60. The van der Waals surface area contributed by atoms with Gasteiger partial charge in [0.1, 0.15) is 23.7 Å². The fourth-order valence-electron chi connectivity index (χ4n) is 8.01. The van der Waals surface area contributed by atoms with Crippen molar-refractivity contribution in [2.24, 2.45) is 11.8 Å². The number of ketones is 2. The number of phenolic OH excluding ortho intramolecular Hbond substituents is 2. The van der Waals surface area contributed by atoms with Gasteiger partial charge in [-0.1, -0.05) is 31.9 Å². The molecule has 0 aromatic heterocycles. The molecule has 1 heterocycles. The number of esters is 1. The minimum Gasteiger partial charge on any atom is -0.507 e. The van der Waals surface area contributed by atoms with Crippen molar-refractivity contribution in [3.05, 3.63) is 29.3 Å². The Balaban J connectivity index is 1.56. The average Bonchev–Trinajstić information content (AvgIpc) is 3.78. The molecule has 6 rings (SSSR count). The van der Waals surface area contributed by atoms with Crippen LogP contribution in [0.5, 0.6) is 11.5 Å². The van der Waals surface area contributed by atoms with E-state index in [4.69, 9.17) is 4.74 Å². The zero-order valence-electron chi connectivity index (χ0n) is 27.4. The lowest BCUT2D eigenvalue weighted by Gasteiger charge is -2.54. The van der Waals surface area contributed by atoms with Crippen molar-refractivity contribution in [1.82, 2.24) is 15.1 Å². The minimum absolute atomic E-state index is 0.0455. The zero-order chi connectivity index (χ0) is 34.5. The SMILES string of the molecule is CCC(=O)O[C@H]1c2c(c(O)c3c(O)cccc3c2NSC2CCCC2)C(O)[C@]2(O)C(=O)C(C(=O)NCN3CCCC3)C(=O)[C@@H](N(C)C)[C@H]12. The van der Waals surface area contributed by atoms with Crippen LogP contribution < -0.4 is 10.0 Å². The Kier molecular flexibility index (Phi) is 9.66. The molecule has 3 fully saturated rings. The Labute approximate surface area is 283 Å². The van der Waals surface area contributed by atoms with Crippen molar-refractivity contribution in [3.63, 3.8) is 0 Å². The molecule has 260 valence electrons. The Morgan fingerprint density at radius 1 is 1.08 bits per heavy atom. The number of phenols is 2. The highest BCUT2D eigenvalue weighted by atomic mass is 32.2. The molecule has 6 atom stereocenters. The lowest BCUT2D eigenvalue weighted by molar-refractivity contribution is -0.209. The number of hydrogen-bond donors (Lipinski definition) is 6. The number of benzene rings is 2. The fraction of sp³-hybridized carbons (Fsp3) is 0.588. The highest BCUT2D eigenvalue weighted by Gasteiger charge is 2.70. The smallest absolute Gasteiger partial charge is 0.306 e. The summed E-state index contributed by atoms with van der Waals surface area (Å²) in [5, 5.41) is 50.7. The second-order valence-corrected chi connectivity index (χ2v) is 14.6. The van der Waals surface area contributed by atoms with Gasteiger partial charge in [0.15, 0.2) is 23.1 Å². The van der Waals surface area contributed by atoms with Gasteiger partial charge in [0.25, 0.3) is 0 Å². The number of fused-ring (bicyclic) bond motifs is 3. The number of likely N-dealkylation sites (tertiary alicyclic amines) is 1. The summed E-state index contributed by atoms with van der Waals surface area (Å²) in [6.07, 6.45) is 2.13. The van der Waals surface area contributed by atoms with Crippen LogP contribution in [0.25, 0.3) is 10.8 Å². The van der Waals surface area contributed by atoms with Crippen LogP contribution in [0.2, 0.25) is 0 Å². The molecule has 2 aromatic carbocycles. The third-order valence-corrected chi connectivity index (χ3v) is 11.5. The number of nitrogens with one attached hydrogen (secondary N) is 2. The van der Waals surface area contributed by atoms with Gasteiger partial charge in [0.2, 0.25) is 5.91 Å².